The highest BCUT2D eigenvalue weighted by Crippen LogP contribution is 2.26. The zero-order chi connectivity index (χ0) is 20.4. The van der Waals surface area contributed by atoms with Gasteiger partial charge in [0.25, 0.3) is 10.0 Å². The third-order valence-electron chi connectivity index (χ3n) is 4.30. The summed E-state index contributed by atoms with van der Waals surface area (Å²) in [6.45, 7) is 1.67. The van der Waals surface area contributed by atoms with Crippen LogP contribution < -0.4 is 4.72 Å². The average molecular weight is 407 g/mol. The van der Waals surface area contributed by atoms with Gasteiger partial charge in [-0.3, -0.25) is 9.71 Å². The van der Waals surface area contributed by atoms with Crippen LogP contribution in [0.25, 0.3) is 10.8 Å². The van der Waals surface area contributed by atoms with Crippen molar-refractivity contribution in [1.82, 2.24) is 5.16 Å². The van der Waals surface area contributed by atoms with E-state index in [1.807, 2.05) is 30.3 Å². The zero-order valence-corrected chi connectivity index (χ0v) is 16.2. The van der Waals surface area contributed by atoms with Gasteiger partial charge in [-0.2, -0.15) is 0 Å². The number of benzene rings is 3. The number of aryl methyl sites for hydroxylation is 1. The summed E-state index contributed by atoms with van der Waals surface area (Å²) < 4.78 is 32.1. The van der Waals surface area contributed by atoms with Crippen molar-refractivity contribution in [1.29, 1.82) is 0 Å². The largest absolute Gasteiger partial charge is 0.507 e. The van der Waals surface area contributed by atoms with Crippen molar-refractivity contribution in [2.75, 3.05) is 4.72 Å². The number of aromatic hydroxyl groups is 1. The van der Waals surface area contributed by atoms with Gasteiger partial charge in [0.1, 0.15) is 11.5 Å². The Morgan fingerprint density at radius 3 is 2.55 bits per heavy atom. The maximum absolute atomic E-state index is 12.4. The topological polar surface area (TPSA) is 105 Å². The maximum atomic E-state index is 12.4. The van der Waals surface area contributed by atoms with Crippen molar-refractivity contribution in [3.63, 3.8) is 0 Å². The first-order valence-electron chi connectivity index (χ1n) is 8.73. The molecule has 1 heterocycles. The number of phenolic OH excluding ortho intramolecular Hbond substituents is 1. The standard InChI is InChI=1S/C21H17N3O4S/c1-14-12-21(23-28-14)24-29(26,27)17-9-7-16(8-10-17)22-13-19-18-5-3-2-4-15(18)6-11-20(19)25/h2-13,25H,1H3,(H,23,24). The first-order valence-corrected chi connectivity index (χ1v) is 10.2. The fourth-order valence-corrected chi connectivity index (χ4v) is 3.87. The van der Waals surface area contributed by atoms with E-state index in [0.29, 0.717) is 17.0 Å². The van der Waals surface area contributed by atoms with Crippen LogP contribution in [0.1, 0.15) is 11.3 Å². The Labute approximate surface area is 167 Å². The fourth-order valence-electron chi connectivity index (χ4n) is 2.88. The fraction of sp³-hybridized carbons (Fsp3) is 0.0476. The summed E-state index contributed by atoms with van der Waals surface area (Å²) in [4.78, 5) is 4.44. The molecular formula is C21H17N3O4S. The lowest BCUT2D eigenvalue weighted by molar-refractivity contribution is 0.400. The molecule has 2 N–H and O–H groups in total. The minimum atomic E-state index is -3.78. The van der Waals surface area contributed by atoms with Gasteiger partial charge in [0.2, 0.25) is 0 Å². The molecule has 0 atom stereocenters. The third-order valence-corrected chi connectivity index (χ3v) is 5.67. The predicted octanol–water partition coefficient (Wildman–Crippen LogP) is 4.39. The van der Waals surface area contributed by atoms with Crippen LogP contribution in [0.5, 0.6) is 5.75 Å². The van der Waals surface area contributed by atoms with Gasteiger partial charge in [-0.1, -0.05) is 35.5 Å². The Hall–Kier alpha value is -3.65. The van der Waals surface area contributed by atoms with Crippen LogP contribution in [0.3, 0.4) is 0 Å². The van der Waals surface area contributed by atoms with Crippen LogP contribution in [-0.2, 0) is 10.0 Å². The third kappa shape index (κ3) is 3.97. The summed E-state index contributed by atoms with van der Waals surface area (Å²) in [5, 5.41) is 15.7. The van der Waals surface area contributed by atoms with Crippen LogP contribution in [0.4, 0.5) is 11.5 Å². The highest BCUT2D eigenvalue weighted by Gasteiger charge is 2.16. The summed E-state index contributed by atoms with van der Waals surface area (Å²) in [7, 11) is -3.78. The second kappa shape index (κ2) is 7.40. The van der Waals surface area contributed by atoms with Crippen molar-refractivity contribution >= 4 is 38.5 Å². The van der Waals surface area contributed by atoms with Gasteiger partial charge >= 0.3 is 0 Å². The monoisotopic (exact) mass is 407 g/mol. The van der Waals surface area contributed by atoms with Gasteiger partial charge in [-0.05, 0) is 48.0 Å². The molecule has 1 aromatic heterocycles. The van der Waals surface area contributed by atoms with E-state index in [2.05, 4.69) is 14.9 Å². The summed E-state index contributed by atoms with van der Waals surface area (Å²) in [6.07, 6.45) is 1.57. The van der Waals surface area contributed by atoms with Gasteiger partial charge in [-0.25, -0.2) is 8.42 Å². The smallest absolute Gasteiger partial charge is 0.263 e. The molecule has 4 rings (SSSR count). The van der Waals surface area contributed by atoms with Gasteiger partial charge in [0, 0.05) is 17.8 Å². The molecule has 8 heteroatoms. The van der Waals surface area contributed by atoms with E-state index in [1.165, 1.54) is 18.2 Å². The number of phenols is 1. The lowest BCUT2D eigenvalue weighted by Gasteiger charge is -2.06. The average Bonchev–Trinajstić information content (AvgIpc) is 3.11. The van der Waals surface area contributed by atoms with E-state index in [0.717, 1.165) is 10.8 Å². The molecule has 0 aliphatic rings. The number of fused-ring (bicyclic) bond motifs is 1. The lowest BCUT2D eigenvalue weighted by Crippen LogP contribution is -2.12. The summed E-state index contributed by atoms with van der Waals surface area (Å²) in [6, 6.07) is 18.7. The summed E-state index contributed by atoms with van der Waals surface area (Å²) >= 11 is 0. The molecule has 0 aliphatic carbocycles. The molecule has 0 bridgehead atoms. The van der Waals surface area contributed by atoms with E-state index in [-0.39, 0.29) is 16.5 Å². The molecular weight excluding hydrogens is 390 g/mol. The van der Waals surface area contributed by atoms with Gasteiger partial charge < -0.3 is 9.63 Å². The van der Waals surface area contributed by atoms with Crippen LogP contribution in [0, 0.1) is 6.92 Å². The number of hydrogen-bond donors (Lipinski definition) is 2. The maximum Gasteiger partial charge on any atom is 0.263 e. The Balaban J connectivity index is 1.58. The van der Waals surface area contributed by atoms with E-state index in [1.54, 1.807) is 31.3 Å². The molecule has 0 aliphatic heterocycles. The number of nitrogens with zero attached hydrogens (tertiary/aromatic N) is 2. The highest BCUT2D eigenvalue weighted by molar-refractivity contribution is 7.92. The van der Waals surface area contributed by atoms with Crippen molar-refractivity contribution in [2.45, 2.75) is 11.8 Å². The number of sulfonamides is 1. The molecule has 0 saturated carbocycles. The number of nitrogens with one attached hydrogen (secondary N) is 1. The predicted molar refractivity (Wildman–Crippen MR) is 111 cm³/mol. The van der Waals surface area contributed by atoms with Crippen molar-refractivity contribution in [2.24, 2.45) is 4.99 Å². The van der Waals surface area contributed by atoms with Crippen molar-refractivity contribution < 1.29 is 18.0 Å². The van der Waals surface area contributed by atoms with Crippen molar-refractivity contribution in [3.05, 3.63) is 78.1 Å². The minimum absolute atomic E-state index is 0.0742. The van der Waals surface area contributed by atoms with E-state index >= 15 is 0 Å². The van der Waals surface area contributed by atoms with Crippen LogP contribution in [0.15, 0.2) is 81.1 Å². The number of hydrogen-bond acceptors (Lipinski definition) is 6. The normalized spacial score (nSPS) is 11.9. The highest BCUT2D eigenvalue weighted by atomic mass is 32.2. The van der Waals surface area contributed by atoms with E-state index in [4.69, 9.17) is 4.52 Å². The molecule has 0 unspecified atom stereocenters. The molecule has 0 radical (unpaired) electrons. The molecule has 146 valence electrons. The number of anilines is 1. The summed E-state index contributed by atoms with van der Waals surface area (Å²) in [5.74, 6) is 0.749. The summed E-state index contributed by atoms with van der Waals surface area (Å²) in [5.41, 5.74) is 1.15. The minimum Gasteiger partial charge on any atom is -0.507 e. The first kappa shape index (κ1) is 18.7. The molecule has 4 aromatic rings. The second-order valence-electron chi connectivity index (χ2n) is 6.40. The number of aromatic nitrogens is 1. The van der Waals surface area contributed by atoms with Gasteiger partial charge in [-0.15, -0.1) is 0 Å². The van der Waals surface area contributed by atoms with Crippen molar-refractivity contribution in [3.8, 4) is 5.75 Å². The molecule has 0 saturated heterocycles. The van der Waals surface area contributed by atoms with Crippen LogP contribution >= 0.6 is 0 Å². The van der Waals surface area contributed by atoms with Crippen LogP contribution in [0.2, 0.25) is 0 Å². The first-order chi connectivity index (χ1) is 13.9. The molecule has 7 nitrogen and oxygen atoms in total. The number of aliphatic imine (C=N–C) groups is 1. The molecule has 3 aromatic carbocycles. The molecule has 0 amide bonds. The number of rotatable bonds is 5. The van der Waals surface area contributed by atoms with Gasteiger partial charge in [0.05, 0.1) is 10.6 Å². The molecule has 0 spiro atoms. The van der Waals surface area contributed by atoms with Crippen LogP contribution in [-0.4, -0.2) is 24.9 Å². The van der Waals surface area contributed by atoms with Gasteiger partial charge in [0.15, 0.2) is 5.82 Å². The molecule has 0 fully saturated rings. The Morgan fingerprint density at radius 2 is 1.83 bits per heavy atom. The SMILES string of the molecule is Cc1cc(NS(=O)(=O)c2ccc(N=Cc3c(O)ccc4ccccc34)cc2)no1. The van der Waals surface area contributed by atoms with E-state index < -0.39 is 10.0 Å². The van der Waals surface area contributed by atoms with E-state index in [9.17, 15) is 13.5 Å². The lowest BCUT2D eigenvalue weighted by atomic mass is 10.0. The zero-order valence-electron chi connectivity index (χ0n) is 15.4. The quantitative estimate of drug-likeness (QED) is 0.477. The second-order valence-corrected chi connectivity index (χ2v) is 8.08. The Bertz CT molecular complexity index is 1310. The Morgan fingerprint density at radius 1 is 1.07 bits per heavy atom. The Kier molecular flexibility index (Phi) is 4.77. The molecule has 29 heavy (non-hydrogen) atoms.